The van der Waals surface area contributed by atoms with Crippen molar-refractivity contribution in [3.63, 3.8) is 0 Å². The molecule has 0 bridgehead atoms. The van der Waals surface area contributed by atoms with E-state index in [9.17, 15) is 13.5 Å². The third-order valence-corrected chi connectivity index (χ3v) is 6.66. The van der Waals surface area contributed by atoms with Gasteiger partial charge >= 0.3 is 0 Å². The molecule has 0 spiro atoms. The number of sulfonamides is 1. The standard InChI is InChI=1S/C23H22ClN3O3S/c24-19-5-4-8-22(17-19)31(29,30)25-20-11-9-18(10-12-20)23(28)27-15-13-26(14-16-27)21-6-2-1-3-7-21/h1-12,17,28H,13-16H2/p-1. The van der Waals surface area contributed by atoms with Crippen LogP contribution in [0.2, 0.25) is 5.02 Å². The van der Waals surface area contributed by atoms with E-state index in [0.717, 1.165) is 18.8 Å². The Bertz CT molecular complexity index is 1160. The average molecular weight is 455 g/mol. The van der Waals surface area contributed by atoms with Gasteiger partial charge in [-0.3, -0.25) is 0 Å². The molecule has 0 saturated carbocycles. The second kappa shape index (κ2) is 8.99. The summed E-state index contributed by atoms with van der Waals surface area (Å²) >= 11 is 5.88. The second-order valence-electron chi connectivity index (χ2n) is 7.19. The van der Waals surface area contributed by atoms with Gasteiger partial charge in [0.2, 0.25) is 0 Å². The first-order valence-electron chi connectivity index (χ1n) is 9.85. The lowest BCUT2D eigenvalue weighted by Gasteiger charge is -2.41. The molecule has 0 aromatic heterocycles. The fourth-order valence-electron chi connectivity index (χ4n) is 3.47. The summed E-state index contributed by atoms with van der Waals surface area (Å²) < 4.78 is 28.8. The minimum absolute atomic E-state index is 0.0245. The van der Waals surface area contributed by atoms with Crippen molar-refractivity contribution in [2.75, 3.05) is 31.1 Å². The highest BCUT2D eigenvalue weighted by Crippen LogP contribution is 2.21. The van der Waals surface area contributed by atoms with Gasteiger partial charge in [0, 0.05) is 36.9 Å². The highest BCUT2D eigenvalue weighted by atomic mass is 35.5. The van der Waals surface area contributed by atoms with Crippen LogP contribution in [0, 0.1) is 0 Å². The summed E-state index contributed by atoms with van der Waals surface area (Å²) in [6, 6.07) is 16.1. The van der Waals surface area contributed by atoms with Crippen molar-refractivity contribution >= 4 is 33.0 Å². The van der Waals surface area contributed by atoms with Gasteiger partial charge in [-0.1, -0.05) is 48.0 Å². The molecule has 2 aliphatic rings. The number of nitrogens with zero attached hydrogens (tertiary/aromatic N) is 3. The van der Waals surface area contributed by atoms with Crippen molar-refractivity contribution in [2.45, 2.75) is 4.90 Å². The summed E-state index contributed by atoms with van der Waals surface area (Å²) in [6.45, 7) is 2.79. The Labute approximate surface area is 187 Å². The predicted molar refractivity (Wildman–Crippen MR) is 122 cm³/mol. The van der Waals surface area contributed by atoms with Gasteiger partial charge in [0.05, 0.1) is 10.6 Å². The van der Waals surface area contributed by atoms with Gasteiger partial charge in [0.1, 0.15) is 0 Å². The molecule has 0 unspecified atom stereocenters. The van der Waals surface area contributed by atoms with Crippen LogP contribution in [0.3, 0.4) is 0 Å². The zero-order valence-electron chi connectivity index (χ0n) is 16.7. The number of para-hydroxylation sites is 1. The van der Waals surface area contributed by atoms with Crippen LogP contribution in [0.5, 0.6) is 0 Å². The van der Waals surface area contributed by atoms with Crippen molar-refractivity contribution in [3.05, 3.63) is 95.4 Å². The van der Waals surface area contributed by atoms with Crippen LogP contribution >= 0.6 is 11.6 Å². The van der Waals surface area contributed by atoms with Gasteiger partial charge in [0.25, 0.3) is 10.0 Å². The highest BCUT2D eigenvalue weighted by Gasteiger charge is 2.18. The maximum absolute atomic E-state index is 12.8. The first kappa shape index (κ1) is 21.2. The predicted octanol–water partition coefficient (Wildman–Crippen LogP) is 2.99. The van der Waals surface area contributed by atoms with Gasteiger partial charge in [-0.15, -0.1) is 0 Å². The molecule has 4 rings (SSSR count). The van der Waals surface area contributed by atoms with E-state index >= 15 is 0 Å². The van der Waals surface area contributed by atoms with Gasteiger partial charge < -0.3 is 14.9 Å². The van der Waals surface area contributed by atoms with E-state index in [-0.39, 0.29) is 16.5 Å². The molecule has 1 aliphatic heterocycles. The summed E-state index contributed by atoms with van der Waals surface area (Å²) in [4.78, 5) is 4.09. The average Bonchev–Trinajstić information content (AvgIpc) is 2.80. The molecule has 160 valence electrons. The van der Waals surface area contributed by atoms with Crippen molar-refractivity contribution in [1.29, 1.82) is 0 Å². The normalized spacial score (nSPS) is 16.5. The molecule has 0 radical (unpaired) electrons. The molecule has 8 heteroatoms. The summed E-state index contributed by atoms with van der Waals surface area (Å²) in [5.74, 6) is -0.0723. The number of benzene rings is 2. The van der Waals surface area contributed by atoms with Crippen molar-refractivity contribution in [1.82, 2.24) is 4.90 Å². The minimum Gasteiger partial charge on any atom is -0.860 e. The Hall–Kier alpha value is -3.03. The lowest BCUT2D eigenvalue weighted by Crippen LogP contribution is -2.48. The third-order valence-electron chi connectivity index (χ3n) is 5.12. The van der Waals surface area contributed by atoms with Crippen LogP contribution in [-0.2, 0) is 10.0 Å². The van der Waals surface area contributed by atoms with Crippen LogP contribution in [0.1, 0.15) is 0 Å². The van der Waals surface area contributed by atoms with E-state index in [2.05, 4.69) is 21.4 Å². The van der Waals surface area contributed by atoms with Crippen molar-refractivity contribution in [3.8, 4) is 0 Å². The number of hydrogen-bond donors (Lipinski definition) is 0. The molecule has 6 nitrogen and oxygen atoms in total. The number of hydrogen-bond acceptors (Lipinski definition) is 5. The van der Waals surface area contributed by atoms with E-state index in [0.29, 0.717) is 23.7 Å². The zero-order chi connectivity index (χ0) is 21.8. The summed E-state index contributed by atoms with van der Waals surface area (Å²) in [6.07, 6.45) is 6.29. The minimum atomic E-state index is -3.88. The number of rotatable bonds is 4. The Balaban J connectivity index is 1.44. The smallest absolute Gasteiger partial charge is 0.282 e. The third kappa shape index (κ3) is 5.00. The largest absolute Gasteiger partial charge is 0.860 e. The Morgan fingerprint density at radius 1 is 0.903 bits per heavy atom. The maximum Gasteiger partial charge on any atom is 0.282 e. The quantitative estimate of drug-likeness (QED) is 0.664. The van der Waals surface area contributed by atoms with Gasteiger partial charge in [0.15, 0.2) is 0 Å². The van der Waals surface area contributed by atoms with Crippen LogP contribution in [0.25, 0.3) is 0 Å². The first-order chi connectivity index (χ1) is 14.9. The molecule has 1 aliphatic carbocycles. The number of halogens is 1. The number of anilines is 1. The fourth-order valence-corrected chi connectivity index (χ4v) is 4.76. The molecule has 1 fully saturated rings. The first-order valence-corrected chi connectivity index (χ1v) is 11.7. The van der Waals surface area contributed by atoms with Crippen LogP contribution in [0.15, 0.2) is 99.7 Å². The van der Waals surface area contributed by atoms with E-state index in [1.165, 1.54) is 24.3 Å². The lowest BCUT2D eigenvalue weighted by atomic mass is 10.1. The molecule has 2 aromatic rings. The molecular weight excluding hydrogens is 434 g/mol. The number of piperazine rings is 1. The van der Waals surface area contributed by atoms with E-state index < -0.39 is 10.0 Å². The molecule has 0 amide bonds. The van der Waals surface area contributed by atoms with E-state index in [1.54, 1.807) is 24.3 Å². The fraction of sp³-hybridized carbons (Fsp3) is 0.174. The zero-order valence-corrected chi connectivity index (χ0v) is 18.3. The molecule has 0 N–H and O–H groups in total. The van der Waals surface area contributed by atoms with E-state index in [1.807, 2.05) is 23.1 Å². The summed E-state index contributed by atoms with van der Waals surface area (Å²) in [5.41, 5.74) is 1.92. The molecule has 31 heavy (non-hydrogen) atoms. The SMILES string of the molecule is O=S(=O)(N=C1C=CC(=C([O-])N2CCN(c3ccccc3)CC2)C=C1)c1cccc(Cl)c1. The molecule has 2 aromatic carbocycles. The lowest BCUT2D eigenvalue weighted by molar-refractivity contribution is -0.334. The maximum atomic E-state index is 12.8. The molecule has 1 saturated heterocycles. The molecular formula is C23H21ClN3O3S-. The molecule has 0 atom stereocenters. The highest BCUT2D eigenvalue weighted by molar-refractivity contribution is 7.90. The Kier molecular flexibility index (Phi) is 6.15. The van der Waals surface area contributed by atoms with Crippen molar-refractivity contribution in [2.24, 2.45) is 4.40 Å². The van der Waals surface area contributed by atoms with Crippen LogP contribution in [-0.4, -0.2) is 45.2 Å². The second-order valence-corrected chi connectivity index (χ2v) is 9.23. The van der Waals surface area contributed by atoms with E-state index in [4.69, 9.17) is 11.6 Å². The van der Waals surface area contributed by atoms with Crippen LogP contribution in [0.4, 0.5) is 5.69 Å². The van der Waals surface area contributed by atoms with Crippen molar-refractivity contribution < 1.29 is 13.5 Å². The summed E-state index contributed by atoms with van der Waals surface area (Å²) in [7, 11) is -3.88. The Morgan fingerprint density at radius 3 is 2.23 bits per heavy atom. The molecule has 1 heterocycles. The summed E-state index contributed by atoms with van der Waals surface area (Å²) in [5, 5.41) is 13.2. The number of allylic oxidation sites excluding steroid dienone is 5. The van der Waals surface area contributed by atoms with Crippen LogP contribution < -0.4 is 10.0 Å². The Morgan fingerprint density at radius 2 is 1.58 bits per heavy atom. The van der Waals surface area contributed by atoms with Gasteiger partial charge in [-0.05, 0) is 53.9 Å². The van der Waals surface area contributed by atoms with Gasteiger partial charge in [-0.25, -0.2) is 0 Å². The topological polar surface area (TPSA) is 76.0 Å². The van der Waals surface area contributed by atoms with Gasteiger partial charge in [-0.2, -0.15) is 12.8 Å². The monoisotopic (exact) mass is 454 g/mol.